The van der Waals surface area contributed by atoms with Gasteiger partial charge < -0.3 is 29.8 Å². The van der Waals surface area contributed by atoms with Crippen LogP contribution in [0.15, 0.2) is 23.5 Å². The molecule has 13 nitrogen and oxygen atoms in total. The molecular formula is C38H62N6O7. The predicted molar refractivity (Wildman–Crippen MR) is 192 cm³/mol. The maximum Gasteiger partial charge on any atom is 0.242 e. The van der Waals surface area contributed by atoms with Crippen LogP contribution in [0.2, 0.25) is 0 Å². The molecule has 51 heavy (non-hydrogen) atoms. The predicted octanol–water partition coefficient (Wildman–Crippen LogP) is 2.28. The number of rotatable bonds is 17. The van der Waals surface area contributed by atoms with Crippen molar-refractivity contribution < 1.29 is 33.8 Å². The quantitative estimate of drug-likeness (QED) is 0.204. The fraction of sp³-hybridized carbons (Fsp3) is 0.789. The second-order valence-corrected chi connectivity index (χ2v) is 16.2. The molecule has 4 aliphatic carbocycles. The van der Waals surface area contributed by atoms with E-state index in [0.717, 1.165) is 57.1 Å². The van der Waals surface area contributed by atoms with Crippen LogP contribution in [0.3, 0.4) is 0 Å². The molecule has 0 saturated heterocycles. The van der Waals surface area contributed by atoms with E-state index in [9.17, 15) is 24.3 Å². The lowest BCUT2D eigenvalue weighted by molar-refractivity contribution is -0.143. The first kappa shape index (κ1) is 39.4. The SMILES string of the molecule is COCCN(CC(C)=O)C(=O)CN(CCOC)C(=O)CN(C)CCCN1C=C([C@]2(O)CCC3C4CCC5=CC(=O)CC[C@]5(C)C4CC[C@@]32C)NN1. The lowest BCUT2D eigenvalue weighted by atomic mass is 9.46. The maximum absolute atomic E-state index is 13.3. The number of nitrogens with one attached hydrogen (secondary N) is 2. The molecule has 0 spiro atoms. The van der Waals surface area contributed by atoms with Crippen molar-refractivity contribution >= 4 is 23.4 Å². The van der Waals surface area contributed by atoms with Crippen LogP contribution in [-0.2, 0) is 28.7 Å². The monoisotopic (exact) mass is 714 g/mol. The first-order valence-electron chi connectivity index (χ1n) is 18.9. The average molecular weight is 715 g/mol. The van der Waals surface area contributed by atoms with Crippen molar-refractivity contribution in [1.82, 2.24) is 30.7 Å². The van der Waals surface area contributed by atoms with Crippen LogP contribution in [-0.4, -0.2) is 134 Å². The smallest absolute Gasteiger partial charge is 0.242 e. The molecule has 0 aromatic carbocycles. The topological polar surface area (TPSA) is 144 Å². The Morgan fingerprint density at radius 3 is 2.27 bits per heavy atom. The van der Waals surface area contributed by atoms with E-state index in [1.165, 1.54) is 29.4 Å². The van der Waals surface area contributed by atoms with Crippen molar-refractivity contribution in [3.8, 4) is 0 Å². The number of aliphatic hydroxyl groups is 1. The number of hydrazine groups is 2. The summed E-state index contributed by atoms with van der Waals surface area (Å²) in [7, 11) is 4.98. The van der Waals surface area contributed by atoms with Gasteiger partial charge in [-0.1, -0.05) is 19.4 Å². The highest BCUT2D eigenvalue weighted by Gasteiger charge is 2.65. The van der Waals surface area contributed by atoms with E-state index >= 15 is 0 Å². The van der Waals surface area contributed by atoms with Crippen molar-refractivity contribution in [1.29, 1.82) is 0 Å². The van der Waals surface area contributed by atoms with E-state index in [1.807, 2.05) is 29.2 Å². The summed E-state index contributed by atoms with van der Waals surface area (Å²) in [6, 6.07) is 0. The van der Waals surface area contributed by atoms with Gasteiger partial charge in [0.2, 0.25) is 11.8 Å². The summed E-state index contributed by atoms with van der Waals surface area (Å²) in [6.07, 6.45) is 12.3. The normalized spacial score (nSPS) is 31.3. The molecule has 1 aliphatic heterocycles. The van der Waals surface area contributed by atoms with Gasteiger partial charge in [-0.2, -0.15) is 0 Å². The third-order valence-corrected chi connectivity index (χ3v) is 13.1. The Kier molecular flexibility index (Phi) is 12.7. The molecule has 0 bridgehead atoms. The number of hydrogen-bond donors (Lipinski definition) is 3. The summed E-state index contributed by atoms with van der Waals surface area (Å²) in [5, 5.41) is 14.4. The van der Waals surface area contributed by atoms with Gasteiger partial charge in [-0.05, 0) is 94.6 Å². The van der Waals surface area contributed by atoms with Crippen molar-refractivity contribution in [2.45, 2.75) is 84.2 Å². The first-order valence-corrected chi connectivity index (χ1v) is 18.9. The molecule has 6 atom stereocenters. The molecule has 13 heteroatoms. The number of carbonyl (C=O) groups excluding carboxylic acids is 4. The fourth-order valence-electron chi connectivity index (χ4n) is 10.1. The number of allylic oxidation sites excluding steroid dienone is 1. The highest BCUT2D eigenvalue weighted by Crippen LogP contribution is 2.68. The summed E-state index contributed by atoms with van der Waals surface area (Å²) < 4.78 is 10.3. The molecule has 0 aromatic rings. The summed E-state index contributed by atoms with van der Waals surface area (Å²) in [4.78, 5) is 55.2. The van der Waals surface area contributed by atoms with Gasteiger partial charge in [-0.3, -0.25) is 29.1 Å². The Morgan fingerprint density at radius 2 is 1.59 bits per heavy atom. The molecule has 5 aliphatic rings. The Morgan fingerprint density at radius 1 is 0.922 bits per heavy atom. The zero-order valence-electron chi connectivity index (χ0n) is 31.8. The number of fused-ring (bicyclic) bond motifs is 5. The Balaban J connectivity index is 1.13. The van der Waals surface area contributed by atoms with Crippen LogP contribution in [0.1, 0.15) is 78.6 Å². The molecular weight excluding hydrogens is 652 g/mol. The molecule has 0 aromatic heterocycles. The third-order valence-electron chi connectivity index (χ3n) is 13.1. The molecule has 3 saturated carbocycles. The third kappa shape index (κ3) is 8.22. The minimum atomic E-state index is -0.945. The minimum Gasteiger partial charge on any atom is -0.383 e. The van der Waals surface area contributed by atoms with Crippen molar-refractivity contribution in [3.05, 3.63) is 23.5 Å². The van der Waals surface area contributed by atoms with E-state index < -0.39 is 5.60 Å². The minimum absolute atomic E-state index is 0.0235. The van der Waals surface area contributed by atoms with Crippen LogP contribution in [0, 0.1) is 28.6 Å². The van der Waals surface area contributed by atoms with Gasteiger partial charge in [-0.15, -0.1) is 5.53 Å². The zero-order valence-corrected chi connectivity index (χ0v) is 31.8. The number of amides is 2. The number of carbonyl (C=O) groups is 4. The molecule has 5 rings (SSSR count). The van der Waals surface area contributed by atoms with E-state index in [4.69, 9.17) is 9.47 Å². The highest BCUT2D eigenvalue weighted by atomic mass is 16.5. The number of ether oxygens (including phenoxy) is 2. The summed E-state index contributed by atoms with van der Waals surface area (Å²) in [6.45, 7) is 8.59. The van der Waals surface area contributed by atoms with E-state index in [0.29, 0.717) is 50.5 Å². The summed E-state index contributed by atoms with van der Waals surface area (Å²) in [5.74, 6) is 1.25. The number of likely N-dealkylation sites (N-methyl/N-ethyl adjacent to an activating group) is 1. The Hall–Kier alpha value is -2.84. The van der Waals surface area contributed by atoms with Gasteiger partial charge in [0.25, 0.3) is 0 Å². The van der Waals surface area contributed by atoms with E-state index in [-0.39, 0.29) is 66.9 Å². The first-order chi connectivity index (χ1) is 24.3. The van der Waals surface area contributed by atoms with Crippen LogP contribution in [0.25, 0.3) is 0 Å². The fourth-order valence-corrected chi connectivity index (χ4v) is 10.1. The second kappa shape index (κ2) is 16.4. The largest absolute Gasteiger partial charge is 0.383 e. The number of Topliss-reactive ketones (excluding diaryl/α,β-unsaturated/α-hetero) is 1. The number of hydrogen-bond acceptors (Lipinski definition) is 11. The van der Waals surface area contributed by atoms with Crippen molar-refractivity contribution in [2.24, 2.45) is 28.6 Å². The standard InChI is InChI=1S/C38H62N6O7/c1-27(45)23-42(18-20-50-5)35(48)26-43(19-21-51-6)34(47)25-41(4)16-7-17-44-24-33(39-40-44)38(49)15-12-32-30-9-8-28-22-29(46)10-13-36(28,2)31(30)11-14-37(32,38)3/h22,24,30-32,39-40,49H,7-21,23,25-26H2,1-6H3/t30?,31?,32?,36-,37-,38+/m0/s1. The van der Waals surface area contributed by atoms with Crippen molar-refractivity contribution in [2.75, 3.05) is 80.3 Å². The van der Waals surface area contributed by atoms with Crippen LogP contribution in [0.4, 0.5) is 0 Å². The molecule has 3 unspecified atom stereocenters. The second-order valence-electron chi connectivity index (χ2n) is 16.2. The summed E-state index contributed by atoms with van der Waals surface area (Å²) >= 11 is 0. The van der Waals surface area contributed by atoms with Gasteiger partial charge in [0.15, 0.2) is 5.78 Å². The van der Waals surface area contributed by atoms with Crippen LogP contribution < -0.4 is 11.0 Å². The lowest BCUT2D eigenvalue weighted by Gasteiger charge is -2.59. The molecule has 286 valence electrons. The van der Waals surface area contributed by atoms with E-state index in [2.05, 4.69) is 24.8 Å². The van der Waals surface area contributed by atoms with Gasteiger partial charge in [0, 0.05) is 58.4 Å². The van der Waals surface area contributed by atoms with E-state index in [1.54, 1.807) is 7.11 Å². The van der Waals surface area contributed by atoms with Gasteiger partial charge in [0.1, 0.15) is 11.4 Å². The Bertz CT molecular complexity index is 1370. The van der Waals surface area contributed by atoms with Crippen LogP contribution >= 0.6 is 0 Å². The molecule has 1 heterocycles. The highest BCUT2D eigenvalue weighted by molar-refractivity contribution is 5.91. The molecule has 2 amide bonds. The zero-order chi connectivity index (χ0) is 37.0. The lowest BCUT2D eigenvalue weighted by Crippen LogP contribution is -2.56. The number of ketones is 2. The van der Waals surface area contributed by atoms with Crippen LogP contribution in [0.5, 0.6) is 0 Å². The Labute approximate surface area is 304 Å². The van der Waals surface area contributed by atoms with Crippen molar-refractivity contribution in [3.63, 3.8) is 0 Å². The number of nitrogens with zero attached hydrogens (tertiary/aromatic N) is 4. The van der Waals surface area contributed by atoms with Gasteiger partial charge in [-0.25, -0.2) is 0 Å². The maximum atomic E-state index is 13.3. The summed E-state index contributed by atoms with van der Waals surface area (Å²) in [5.41, 5.74) is 7.72. The van der Waals surface area contributed by atoms with Gasteiger partial charge >= 0.3 is 0 Å². The van der Waals surface area contributed by atoms with Gasteiger partial charge in [0.05, 0.1) is 38.5 Å². The molecule has 3 N–H and O–H groups in total. The average Bonchev–Trinajstić information content (AvgIpc) is 3.67. The number of methoxy groups -OCH3 is 2. The molecule has 3 fully saturated rings. The molecule has 0 radical (unpaired) electrons.